The third-order valence-electron chi connectivity index (χ3n) is 2.12. The van der Waals surface area contributed by atoms with Crippen LogP contribution in [0.5, 0.6) is 0 Å². The molecule has 0 spiro atoms. The van der Waals surface area contributed by atoms with Crippen molar-refractivity contribution < 1.29 is 4.43 Å². The van der Waals surface area contributed by atoms with Gasteiger partial charge < -0.3 is 10.2 Å². The second-order valence-corrected chi connectivity index (χ2v) is 5.63. The summed E-state index contributed by atoms with van der Waals surface area (Å²) >= 11 is 0. The van der Waals surface area contributed by atoms with Gasteiger partial charge >= 0.3 is 0 Å². The van der Waals surface area contributed by atoms with Crippen molar-refractivity contribution in [1.29, 1.82) is 0 Å². The molecule has 0 amide bonds. The van der Waals surface area contributed by atoms with Gasteiger partial charge in [0.1, 0.15) is 0 Å². The maximum Gasteiger partial charge on any atom is 0.228 e. The molecule has 1 radical (unpaired) electrons. The predicted molar refractivity (Wildman–Crippen MR) is 48.6 cm³/mol. The van der Waals surface area contributed by atoms with Gasteiger partial charge in [0.25, 0.3) is 0 Å². The second-order valence-electron chi connectivity index (χ2n) is 3.17. The first-order valence-corrected chi connectivity index (χ1v) is 6.28. The molecule has 1 fully saturated rings. The lowest BCUT2D eigenvalue weighted by molar-refractivity contribution is 0.278. The first kappa shape index (κ1) is 9.23. The fourth-order valence-electron chi connectivity index (χ4n) is 1.44. The van der Waals surface area contributed by atoms with E-state index in [4.69, 9.17) is 10.2 Å². The van der Waals surface area contributed by atoms with Gasteiger partial charge in [0.15, 0.2) is 0 Å². The van der Waals surface area contributed by atoms with E-state index < -0.39 is 9.04 Å². The lowest BCUT2D eigenvalue weighted by Gasteiger charge is -2.25. The van der Waals surface area contributed by atoms with Crippen LogP contribution in [0, 0.1) is 0 Å². The summed E-state index contributed by atoms with van der Waals surface area (Å²) in [5, 5.41) is 0. The van der Waals surface area contributed by atoms with Gasteiger partial charge in [0, 0.05) is 12.3 Å². The number of rotatable bonds is 3. The van der Waals surface area contributed by atoms with Gasteiger partial charge in [-0.05, 0) is 18.9 Å². The molecule has 0 aromatic rings. The molecule has 2 N–H and O–H groups in total. The Balaban J connectivity index is 2.21. The highest BCUT2D eigenvalue weighted by Crippen LogP contribution is 2.14. The van der Waals surface area contributed by atoms with Crippen molar-refractivity contribution in [3.05, 3.63) is 0 Å². The Bertz CT molecular complexity index is 104. The Morgan fingerprint density at radius 1 is 1.55 bits per heavy atom. The fourth-order valence-corrected chi connectivity index (χ4v) is 3.79. The fraction of sp³-hybridized carbons (Fsp3) is 1.00. The predicted octanol–water partition coefficient (Wildman–Crippen LogP) is 1.45. The maximum atomic E-state index is 5.98. The van der Waals surface area contributed by atoms with Crippen LogP contribution in [-0.2, 0) is 4.43 Å². The molecule has 1 aliphatic rings. The monoisotopic (exact) mass is 172 g/mol. The summed E-state index contributed by atoms with van der Waals surface area (Å²) in [6.07, 6.45) is 4.92. The second kappa shape index (κ2) is 4.90. The van der Waals surface area contributed by atoms with Crippen molar-refractivity contribution in [3.8, 4) is 0 Å². The molecule has 1 atom stereocenters. The zero-order chi connectivity index (χ0) is 8.10. The normalized spacial score (nSPS) is 23.5. The van der Waals surface area contributed by atoms with Gasteiger partial charge in [-0.3, -0.25) is 0 Å². The number of hydrogen-bond donors (Lipinski definition) is 1. The smallest absolute Gasteiger partial charge is 0.228 e. The van der Waals surface area contributed by atoms with Crippen LogP contribution in [0.1, 0.15) is 32.6 Å². The summed E-state index contributed by atoms with van der Waals surface area (Å²) in [5.41, 5.74) is 6.36. The van der Waals surface area contributed by atoms with Crippen molar-refractivity contribution in [2.45, 2.75) is 44.3 Å². The third kappa shape index (κ3) is 2.93. The highest BCUT2D eigenvalue weighted by molar-refractivity contribution is 6.53. The molecular weight excluding hydrogens is 154 g/mol. The van der Waals surface area contributed by atoms with Crippen molar-refractivity contribution in [3.63, 3.8) is 0 Å². The molecule has 0 aromatic heterocycles. The molecule has 1 unspecified atom stereocenters. The van der Waals surface area contributed by atoms with E-state index in [1.807, 2.05) is 0 Å². The van der Waals surface area contributed by atoms with Gasteiger partial charge in [-0.1, -0.05) is 19.8 Å². The van der Waals surface area contributed by atoms with Gasteiger partial charge in [-0.2, -0.15) is 0 Å². The van der Waals surface area contributed by atoms with Crippen molar-refractivity contribution in [2.75, 3.05) is 6.61 Å². The standard InChI is InChI=1S/C8H18NOSi/c1-2-5-8(9)11-7-4-3-6-10-11/h8H,2-7,9H2,1H3. The molecule has 65 valence electrons. The lowest BCUT2D eigenvalue weighted by atomic mass is 10.3. The molecule has 2 nitrogen and oxygen atoms in total. The summed E-state index contributed by atoms with van der Waals surface area (Å²) < 4.78 is 5.67. The lowest BCUT2D eigenvalue weighted by Crippen LogP contribution is -2.42. The van der Waals surface area contributed by atoms with E-state index in [0.717, 1.165) is 13.0 Å². The summed E-state index contributed by atoms with van der Waals surface area (Å²) in [6.45, 7) is 3.15. The minimum Gasteiger partial charge on any atom is -0.415 e. The molecule has 1 saturated heterocycles. The number of hydrogen-bond acceptors (Lipinski definition) is 2. The van der Waals surface area contributed by atoms with E-state index in [-0.39, 0.29) is 0 Å². The van der Waals surface area contributed by atoms with Crippen molar-refractivity contribution >= 4 is 9.04 Å². The van der Waals surface area contributed by atoms with Crippen LogP contribution in [-0.4, -0.2) is 21.3 Å². The highest BCUT2D eigenvalue weighted by Gasteiger charge is 2.23. The quantitative estimate of drug-likeness (QED) is 0.654. The minimum atomic E-state index is -0.611. The van der Waals surface area contributed by atoms with Crippen LogP contribution in [0.3, 0.4) is 0 Å². The molecule has 1 rings (SSSR count). The van der Waals surface area contributed by atoms with E-state index in [9.17, 15) is 0 Å². The zero-order valence-electron chi connectivity index (χ0n) is 7.31. The van der Waals surface area contributed by atoms with Crippen LogP contribution < -0.4 is 5.73 Å². The first-order chi connectivity index (χ1) is 5.34. The van der Waals surface area contributed by atoms with Crippen LogP contribution >= 0.6 is 0 Å². The van der Waals surface area contributed by atoms with Crippen molar-refractivity contribution in [1.82, 2.24) is 0 Å². The molecule has 1 aliphatic heterocycles. The zero-order valence-corrected chi connectivity index (χ0v) is 8.31. The summed E-state index contributed by atoms with van der Waals surface area (Å²) in [4.78, 5) is 0. The van der Waals surface area contributed by atoms with Gasteiger partial charge in [-0.25, -0.2) is 0 Å². The Morgan fingerprint density at radius 3 is 2.91 bits per heavy atom. The third-order valence-corrected chi connectivity index (χ3v) is 4.66. The molecule has 1 heterocycles. The van der Waals surface area contributed by atoms with Crippen LogP contribution in [0.15, 0.2) is 0 Å². The molecule has 0 bridgehead atoms. The van der Waals surface area contributed by atoms with Gasteiger partial charge in [0.2, 0.25) is 9.04 Å². The summed E-state index contributed by atoms with van der Waals surface area (Å²) in [6, 6.07) is 1.27. The molecular formula is C8H18NOSi. The van der Waals surface area contributed by atoms with Gasteiger partial charge in [-0.15, -0.1) is 0 Å². The molecule has 0 aliphatic carbocycles. The Morgan fingerprint density at radius 2 is 2.36 bits per heavy atom. The van der Waals surface area contributed by atoms with Gasteiger partial charge in [0.05, 0.1) is 0 Å². The Hall–Kier alpha value is 0.137. The highest BCUT2D eigenvalue weighted by atomic mass is 28.3. The van der Waals surface area contributed by atoms with E-state index in [0.29, 0.717) is 5.67 Å². The van der Waals surface area contributed by atoms with Crippen LogP contribution in [0.25, 0.3) is 0 Å². The molecule has 0 aromatic carbocycles. The van der Waals surface area contributed by atoms with Crippen LogP contribution in [0.2, 0.25) is 6.04 Å². The average molecular weight is 172 g/mol. The Kier molecular flexibility index (Phi) is 4.11. The Labute approximate surface area is 70.8 Å². The average Bonchev–Trinajstić information content (AvgIpc) is 2.07. The van der Waals surface area contributed by atoms with E-state index in [1.54, 1.807) is 0 Å². The topological polar surface area (TPSA) is 35.2 Å². The van der Waals surface area contributed by atoms with E-state index in [2.05, 4.69) is 6.92 Å². The largest absolute Gasteiger partial charge is 0.415 e. The maximum absolute atomic E-state index is 5.98. The summed E-state index contributed by atoms with van der Waals surface area (Å²) in [5.74, 6) is 0. The minimum absolute atomic E-state index is 0.380. The SMILES string of the molecule is CCCC(N)[Si]1CCCCO1. The van der Waals surface area contributed by atoms with E-state index in [1.165, 1.54) is 25.3 Å². The van der Waals surface area contributed by atoms with Crippen molar-refractivity contribution in [2.24, 2.45) is 5.73 Å². The molecule has 11 heavy (non-hydrogen) atoms. The van der Waals surface area contributed by atoms with E-state index >= 15 is 0 Å². The molecule has 3 heteroatoms. The van der Waals surface area contributed by atoms with Crippen LogP contribution in [0.4, 0.5) is 0 Å². The summed E-state index contributed by atoms with van der Waals surface area (Å²) in [7, 11) is -0.611. The first-order valence-electron chi connectivity index (χ1n) is 4.58. The number of nitrogens with two attached hydrogens (primary N) is 1. The molecule has 0 saturated carbocycles.